The maximum atomic E-state index is 11.2. The SMILES string of the molecule is Nc1cc(=O)cc2n1CCCCC2. The molecule has 0 saturated heterocycles. The standard InChI is InChI=1S/C10H14N2O/c11-10-7-9(13)6-8-4-2-1-3-5-12(8)10/h6-7H,1-5,11H2. The summed E-state index contributed by atoms with van der Waals surface area (Å²) in [6, 6.07) is 3.22. The van der Waals surface area contributed by atoms with Gasteiger partial charge in [0.2, 0.25) is 0 Å². The van der Waals surface area contributed by atoms with Crippen molar-refractivity contribution in [3.63, 3.8) is 0 Å². The van der Waals surface area contributed by atoms with E-state index in [2.05, 4.69) is 4.57 Å². The van der Waals surface area contributed by atoms with Crippen LogP contribution in [0.15, 0.2) is 16.9 Å². The largest absolute Gasteiger partial charge is 0.385 e. The Hall–Kier alpha value is -1.25. The van der Waals surface area contributed by atoms with Crippen LogP contribution in [0.4, 0.5) is 5.82 Å². The average molecular weight is 178 g/mol. The first kappa shape index (κ1) is 8.35. The zero-order chi connectivity index (χ0) is 9.26. The van der Waals surface area contributed by atoms with Gasteiger partial charge >= 0.3 is 0 Å². The lowest BCUT2D eigenvalue weighted by atomic mass is 10.2. The van der Waals surface area contributed by atoms with E-state index < -0.39 is 0 Å². The number of fused-ring (bicyclic) bond motifs is 1. The molecule has 2 heterocycles. The molecule has 0 bridgehead atoms. The summed E-state index contributed by atoms with van der Waals surface area (Å²) in [7, 11) is 0. The van der Waals surface area contributed by atoms with Crippen LogP contribution in [0.3, 0.4) is 0 Å². The van der Waals surface area contributed by atoms with Gasteiger partial charge in [0.15, 0.2) is 5.43 Å². The lowest BCUT2D eigenvalue weighted by Gasteiger charge is -2.12. The summed E-state index contributed by atoms with van der Waals surface area (Å²) in [5.74, 6) is 0.615. The summed E-state index contributed by atoms with van der Waals surface area (Å²) in [6.45, 7) is 0.960. The van der Waals surface area contributed by atoms with Crippen molar-refractivity contribution in [2.45, 2.75) is 32.2 Å². The topological polar surface area (TPSA) is 48.0 Å². The Bertz CT molecular complexity index is 368. The second kappa shape index (κ2) is 3.24. The van der Waals surface area contributed by atoms with Gasteiger partial charge in [0.1, 0.15) is 5.82 Å². The van der Waals surface area contributed by atoms with E-state index in [-0.39, 0.29) is 5.43 Å². The molecule has 3 heteroatoms. The summed E-state index contributed by atoms with van der Waals surface area (Å²) >= 11 is 0. The van der Waals surface area contributed by atoms with E-state index >= 15 is 0 Å². The van der Waals surface area contributed by atoms with Gasteiger partial charge in [-0.15, -0.1) is 0 Å². The molecule has 0 aliphatic carbocycles. The Morgan fingerprint density at radius 2 is 2.08 bits per heavy atom. The smallest absolute Gasteiger partial charge is 0.183 e. The van der Waals surface area contributed by atoms with E-state index in [0.717, 1.165) is 18.7 Å². The zero-order valence-electron chi connectivity index (χ0n) is 7.62. The molecule has 0 spiro atoms. The van der Waals surface area contributed by atoms with Crippen LogP contribution in [-0.4, -0.2) is 4.57 Å². The van der Waals surface area contributed by atoms with Crippen LogP contribution in [0.5, 0.6) is 0 Å². The molecule has 1 aliphatic rings. The second-order valence-corrected chi connectivity index (χ2v) is 3.57. The van der Waals surface area contributed by atoms with Gasteiger partial charge in [-0.3, -0.25) is 4.79 Å². The number of anilines is 1. The summed E-state index contributed by atoms with van der Waals surface area (Å²) in [4.78, 5) is 11.2. The van der Waals surface area contributed by atoms with Crippen molar-refractivity contribution in [1.82, 2.24) is 4.57 Å². The predicted octanol–water partition coefficient (Wildman–Crippen LogP) is 1.16. The number of aryl methyl sites for hydroxylation is 1. The molecule has 0 atom stereocenters. The van der Waals surface area contributed by atoms with Crippen molar-refractivity contribution < 1.29 is 0 Å². The van der Waals surface area contributed by atoms with Crippen LogP contribution in [0.25, 0.3) is 0 Å². The minimum atomic E-state index is 0.0330. The summed E-state index contributed by atoms with van der Waals surface area (Å²) in [5.41, 5.74) is 6.91. The van der Waals surface area contributed by atoms with Gasteiger partial charge in [-0.25, -0.2) is 0 Å². The first-order chi connectivity index (χ1) is 6.27. The molecule has 2 rings (SSSR count). The highest BCUT2D eigenvalue weighted by Gasteiger charge is 2.08. The summed E-state index contributed by atoms with van der Waals surface area (Å²) < 4.78 is 2.06. The first-order valence-electron chi connectivity index (χ1n) is 4.76. The third-order valence-corrected chi connectivity index (χ3v) is 2.57. The molecule has 1 aromatic rings. The molecular weight excluding hydrogens is 164 g/mol. The molecule has 0 saturated carbocycles. The number of aromatic nitrogens is 1. The third-order valence-electron chi connectivity index (χ3n) is 2.57. The van der Waals surface area contributed by atoms with E-state index in [4.69, 9.17) is 5.73 Å². The van der Waals surface area contributed by atoms with Crippen molar-refractivity contribution in [3.05, 3.63) is 28.0 Å². The van der Waals surface area contributed by atoms with Crippen LogP contribution in [-0.2, 0) is 13.0 Å². The van der Waals surface area contributed by atoms with Crippen LogP contribution in [0.1, 0.15) is 25.0 Å². The number of hydrogen-bond donors (Lipinski definition) is 1. The van der Waals surface area contributed by atoms with Gasteiger partial charge < -0.3 is 10.3 Å². The van der Waals surface area contributed by atoms with Crippen LogP contribution in [0.2, 0.25) is 0 Å². The van der Waals surface area contributed by atoms with E-state index in [1.54, 1.807) is 6.07 Å². The number of hydrogen-bond acceptors (Lipinski definition) is 2. The zero-order valence-corrected chi connectivity index (χ0v) is 7.62. The third kappa shape index (κ3) is 1.59. The van der Waals surface area contributed by atoms with E-state index in [9.17, 15) is 4.79 Å². The molecule has 0 amide bonds. The van der Waals surface area contributed by atoms with E-state index in [1.807, 2.05) is 0 Å². The Morgan fingerprint density at radius 1 is 1.23 bits per heavy atom. The quantitative estimate of drug-likeness (QED) is 0.648. The maximum absolute atomic E-state index is 11.2. The summed E-state index contributed by atoms with van der Waals surface area (Å²) in [5, 5.41) is 0. The van der Waals surface area contributed by atoms with Gasteiger partial charge in [0, 0.05) is 24.4 Å². The highest BCUT2D eigenvalue weighted by atomic mass is 16.1. The van der Waals surface area contributed by atoms with Gasteiger partial charge in [0.25, 0.3) is 0 Å². The Balaban J connectivity index is 2.53. The Kier molecular flexibility index (Phi) is 2.08. The number of nitrogens with two attached hydrogens (primary N) is 1. The monoisotopic (exact) mass is 178 g/mol. The van der Waals surface area contributed by atoms with Gasteiger partial charge in [-0.2, -0.15) is 0 Å². The van der Waals surface area contributed by atoms with Crippen LogP contribution >= 0.6 is 0 Å². The normalized spacial score (nSPS) is 16.3. The minimum absolute atomic E-state index is 0.0330. The fraction of sp³-hybridized carbons (Fsp3) is 0.500. The van der Waals surface area contributed by atoms with Crippen molar-refractivity contribution in [1.29, 1.82) is 0 Å². The molecule has 1 aliphatic heterocycles. The number of pyridine rings is 1. The lowest BCUT2D eigenvalue weighted by Crippen LogP contribution is -2.15. The van der Waals surface area contributed by atoms with Gasteiger partial charge in [-0.1, -0.05) is 6.42 Å². The number of nitrogen functional groups attached to an aromatic ring is 1. The molecule has 3 nitrogen and oxygen atoms in total. The van der Waals surface area contributed by atoms with E-state index in [0.29, 0.717) is 5.82 Å². The molecule has 0 aromatic carbocycles. The fourth-order valence-electron chi connectivity index (χ4n) is 1.91. The van der Waals surface area contributed by atoms with Crippen molar-refractivity contribution in [2.24, 2.45) is 0 Å². The van der Waals surface area contributed by atoms with Gasteiger partial charge in [-0.05, 0) is 19.3 Å². The Labute approximate surface area is 77.2 Å². The lowest BCUT2D eigenvalue weighted by molar-refractivity contribution is 0.637. The molecule has 13 heavy (non-hydrogen) atoms. The number of nitrogens with zero attached hydrogens (tertiary/aromatic N) is 1. The molecule has 1 aromatic heterocycles. The summed E-state index contributed by atoms with van der Waals surface area (Å²) in [6.07, 6.45) is 4.55. The van der Waals surface area contributed by atoms with Crippen LogP contribution in [0, 0.1) is 0 Å². The molecule has 2 N–H and O–H groups in total. The van der Waals surface area contributed by atoms with Crippen LogP contribution < -0.4 is 11.2 Å². The predicted molar refractivity (Wildman–Crippen MR) is 52.7 cm³/mol. The minimum Gasteiger partial charge on any atom is -0.385 e. The van der Waals surface area contributed by atoms with Crippen molar-refractivity contribution in [2.75, 3.05) is 5.73 Å². The molecular formula is C10H14N2O. The highest BCUT2D eigenvalue weighted by molar-refractivity contribution is 5.32. The molecule has 70 valence electrons. The fourth-order valence-corrected chi connectivity index (χ4v) is 1.91. The molecule has 0 fully saturated rings. The Morgan fingerprint density at radius 3 is 2.92 bits per heavy atom. The molecule has 0 unspecified atom stereocenters. The number of rotatable bonds is 0. The van der Waals surface area contributed by atoms with Gasteiger partial charge in [0.05, 0.1) is 0 Å². The highest BCUT2D eigenvalue weighted by Crippen LogP contribution is 2.15. The van der Waals surface area contributed by atoms with E-state index in [1.165, 1.54) is 25.3 Å². The molecule has 0 radical (unpaired) electrons. The average Bonchev–Trinajstić information content (AvgIpc) is 2.28. The maximum Gasteiger partial charge on any atom is 0.183 e. The van der Waals surface area contributed by atoms with Crippen molar-refractivity contribution in [3.8, 4) is 0 Å². The first-order valence-corrected chi connectivity index (χ1v) is 4.76. The van der Waals surface area contributed by atoms with Crippen molar-refractivity contribution >= 4 is 5.82 Å². The second-order valence-electron chi connectivity index (χ2n) is 3.57.